The number of nitrogens with zero attached hydrogens (tertiary/aromatic N) is 1. The number of carbonyl (C=O) groups is 2. The number of carbonyl (C=O) groups excluding carboxylic acids is 2. The van der Waals surface area contributed by atoms with Crippen molar-refractivity contribution in [3.63, 3.8) is 0 Å². The lowest BCUT2D eigenvalue weighted by Gasteiger charge is -2.33. The van der Waals surface area contributed by atoms with Gasteiger partial charge in [-0.2, -0.15) is 11.8 Å². The first-order valence-electron chi connectivity index (χ1n) is 8.33. The maximum atomic E-state index is 12.3. The van der Waals surface area contributed by atoms with Crippen LogP contribution in [0.2, 0.25) is 0 Å². The summed E-state index contributed by atoms with van der Waals surface area (Å²) in [6.45, 7) is 4.90. The molecule has 1 aromatic heterocycles. The van der Waals surface area contributed by atoms with E-state index in [1.54, 1.807) is 24.8 Å². The van der Waals surface area contributed by atoms with E-state index in [2.05, 4.69) is 5.32 Å². The summed E-state index contributed by atoms with van der Waals surface area (Å²) >= 11 is 1.70. The number of halogens is 1. The predicted octanol–water partition coefficient (Wildman–Crippen LogP) is 2.12. The van der Waals surface area contributed by atoms with Crippen molar-refractivity contribution in [1.82, 2.24) is 10.2 Å². The van der Waals surface area contributed by atoms with Crippen molar-refractivity contribution in [2.75, 3.05) is 25.1 Å². The van der Waals surface area contributed by atoms with Gasteiger partial charge < -0.3 is 20.4 Å². The number of likely N-dealkylation sites (tertiary alicyclic amines) is 1. The van der Waals surface area contributed by atoms with E-state index in [0.29, 0.717) is 30.8 Å². The minimum atomic E-state index is -0.417. The molecule has 1 aliphatic heterocycles. The van der Waals surface area contributed by atoms with E-state index in [0.717, 1.165) is 24.4 Å². The number of aryl methyl sites for hydroxylation is 2. The van der Waals surface area contributed by atoms with E-state index in [9.17, 15) is 9.59 Å². The van der Waals surface area contributed by atoms with E-state index < -0.39 is 6.04 Å². The topological polar surface area (TPSA) is 88.6 Å². The molecule has 1 atom stereocenters. The van der Waals surface area contributed by atoms with Crippen LogP contribution in [0.5, 0.6) is 0 Å². The number of thioether (sulfide) groups is 1. The van der Waals surface area contributed by atoms with Crippen LogP contribution < -0.4 is 11.1 Å². The molecule has 6 nitrogen and oxygen atoms in total. The molecule has 8 heteroatoms. The van der Waals surface area contributed by atoms with E-state index in [1.807, 2.05) is 18.1 Å². The molecule has 1 fully saturated rings. The van der Waals surface area contributed by atoms with Gasteiger partial charge in [-0.25, -0.2) is 0 Å². The average Bonchev–Trinajstić information content (AvgIpc) is 2.91. The fraction of sp³-hybridized carbons (Fsp3) is 0.647. The number of nitrogens with two attached hydrogens (primary N) is 1. The summed E-state index contributed by atoms with van der Waals surface area (Å²) in [7, 11) is 0. The zero-order valence-electron chi connectivity index (χ0n) is 15.0. The Labute approximate surface area is 159 Å². The highest BCUT2D eigenvalue weighted by atomic mass is 35.5. The molecule has 2 heterocycles. The fourth-order valence-corrected chi connectivity index (χ4v) is 3.46. The van der Waals surface area contributed by atoms with Gasteiger partial charge in [-0.1, -0.05) is 0 Å². The monoisotopic (exact) mass is 389 g/mol. The molecule has 1 aliphatic rings. The highest BCUT2D eigenvalue weighted by Gasteiger charge is 2.27. The predicted molar refractivity (Wildman–Crippen MR) is 103 cm³/mol. The first-order chi connectivity index (χ1) is 11.4. The van der Waals surface area contributed by atoms with E-state index >= 15 is 0 Å². The summed E-state index contributed by atoms with van der Waals surface area (Å²) < 4.78 is 5.40. The van der Waals surface area contributed by atoms with Crippen LogP contribution in [0.25, 0.3) is 0 Å². The van der Waals surface area contributed by atoms with Crippen LogP contribution in [0.4, 0.5) is 0 Å². The number of hydrogen-bond acceptors (Lipinski definition) is 5. The summed E-state index contributed by atoms with van der Waals surface area (Å²) in [5, 5.41) is 3.04. The van der Waals surface area contributed by atoms with Gasteiger partial charge in [-0.05, 0) is 51.2 Å². The van der Waals surface area contributed by atoms with Gasteiger partial charge in [0.05, 0.1) is 11.6 Å². The largest absolute Gasteiger partial charge is 0.466 e. The Balaban J connectivity index is 0.00000312. The second-order valence-electron chi connectivity index (χ2n) is 6.29. The summed E-state index contributed by atoms with van der Waals surface area (Å²) in [5.74, 6) is 2.18. The van der Waals surface area contributed by atoms with E-state index in [1.165, 1.54) is 0 Å². The lowest BCUT2D eigenvalue weighted by atomic mass is 10.0. The first kappa shape index (κ1) is 21.9. The van der Waals surface area contributed by atoms with E-state index in [-0.39, 0.29) is 30.3 Å². The summed E-state index contributed by atoms with van der Waals surface area (Å²) in [6.07, 6.45) is 4.22. The smallest absolute Gasteiger partial charge is 0.255 e. The lowest BCUT2D eigenvalue weighted by Crippen LogP contribution is -2.51. The standard InChI is InChI=1S/C17H27N3O3S.ClH/c1-11-10-14(12(2)23-11)16(21)19-13-4-7-20(8-5-13)17(22)15(18)6-9-24-3;/h10,13,15H,4-9,18H2,1-3H3,(H,19,21);1H/t15-;/m0./s1. The minimum Gasteiger partial charge on any atom is -0.466 e. The third-order valence-corrected chi connectivity index (χ3v) is 5.02. The minimum absolute atomic E-state index is 0. The number of amides is 2. The zero-order chi connectivity index (χ0) is 17.7. The first-order valence-corrected chi connectivity index (χ1v) is 9.73. The Kier molecular flexibility index (Phi) is 8.82. The van der Waals surface area contributed by atoms with Crippen molar-refractivity contribution < 1.29 is 14.0 Å². The Morgan fingerprint density at radius 2 is 2.04 bits per heavy atom. The third-order valence-electron chi connectivity index (χ3n) is 4.38. The van der Waals surface area contributed by atoms with Crippen molar-refractivity contribution in [1.29, 1.82) is 0 Å². The zero-order valence-corrected chi connectivity index (χ0v) is 16.7. The van der Waals surface area contributed by atoms with Gasteiger partial charge in [-0.15, -0.1) is 12.4 Å². The van der Waals surface area contributed by atoms with Gasteiger partial charge in [0.15, 0.2) is 0 Å². The molecule has 0 radical (unpaired) electrons. The molecular formula is C17H28ClN3O3S. The van der Waals surface area contributed by atoms with E-state index in [4.69, 9.17) is 10.2 Å². The SMILES string of the molecule is CSCC[C@H](N)C(=O)N1CCC(NC(=O)c2cc(C)oc2C)CC1.Cl. The lowest BCUT2D eigenvalue weighted by molar-refractivity contribution is -0.133. The van der Waals surface area contributed by atoms with Gasteiger partial charge in [0.1, 0.15) is 11.5 Å². The maximum Gasteiger partial charge on any atom is 0.255 e. The Hall–Kier alpha value is -1.18. The molecule has 1 saturated heterocycles. The molecule has 3 N–H and O–H groups in total. The van der Waals surface area contributed by atoms with Gasteiger partial charge in [0, 0.05) is 19.1 Å². The van der Waals surface area contributed by atoms with Gasteiger partial charge >= 0.3 is 0 Å². The molecule has 2 amide bonds. The molecule has 142 valence electrons. The normalized spacial score (nSPS) is 16.2. The van der Waals surface area contributed by atoms with Crippen LogP contribution in [0.1, 0.15) is 41.1 Å². The maximum absolute atomic E-state index is 12.3. The van der Waals surface area contributed by atoms with Crippen molar-refractivity contribution in [3.8, 4) is 0 Å². The van der Waals surface area contributed by atoms with Crippen LogP contribution in [0.15, 0.2) is 10.5 Å². The fourth-order valence-electron chi connectivity index (χ4n) is 2.97. The number of piperidine rings is 1. The van der Waals surface area contributed by atoms with Crippen LogP contribution in [0.3, 0.4) is 0 Å². The van der Waals surface area contributed by atoms with Crippen molar-refractivity contribution in [3.05, 3.63) is 23.2 Å². The Bertz CT molecular complexity index is 586. The molecule has 25 heavy (non-hydrogen) atoms. The summed E-state index contributed by atoms with van der Waals surface area (Å²) in [5.41, 5.74) is 6.55. The second kappa shape index (κ2) is 10.1. The Morgan fingerprint density at radius 3 is 2.56 bits per heavy atom. The number of furan rings is 1. The summed E-state index contributed by atoms with van der Waals surface area (Å²) in [6, 6.07) is 1.42. The molecule has 0 unspecified atom stereocenters. The molecular weight excluding hydrogens is 362 g/mol. The van der Waals surface area contributed by atoms with Gasteiger partial charge in [0.25, 0.3) is 5.91 Å². The van der Waals surface area contributed by atoms with Crippen LogP contribution in [0, 0.1) is 13.8 Å². The molecule has 1 aromatic rings. The molecule has 2 rings (SSSR count). The number of hydrogen-bond donors (Lipinski definition) is 2. The molecule has 0 aromatic carbocycles. The highest BCUT2D eigenvalue weighted by molar-refractivity contribution is 7.98. The molecule has 0 bridgehead atoms. The van der Waals surface area contributed by atoms with Crippen LogP contribution in [-0.2, 0) is 4.79 Å². The number of nitrogens with one attached hydrogen (secondary N) is 1. The molecule has 0 aliphatic carbocycles. The van der Waals surface area contributed by atoms with Crippen molar-refractivity contribution in [2.45, 2.75) is 45.2 Å². The van der Waals surface area contributed by atoms with Crippen molar-refractivity contribution >= 4 is 36.0 Å². The Morgan fingerprint density at radius 1 is 1.40 bits per heavy atom. The quantitative estimate of drug-likeness (QED) is 0.777. The number of rotatable bonds is 6. The molecule has 0 spiro atoms. The van der Waals surface area contributed by atoms with Crippen molar-refractivity contribution in [2.24, 2.45) is 5.73 Å². The van der Waals surface area contributed by atoms with Gasteiger partial charge in [-0.3, -0.25) is 9.59 Å². The van der Waals surface area contributed by atoms with Crippen LogP contribution in [-0.4, -0.2) is 53.9 Å². The van der Waals surface area contributed by atoms with Crippen LogP contribution >= 0.6 is 24.2 Å². The average molecular weight is 390 g/mol. The highest BCUT2D eigenvalue weighted by Crippen LogP contribution is 2.16. The summed E-state index contributed by atoms with van der Waals surface area (Å²) in [4.78, 5) is 26.4. The third kappa shape index (κ3) is 5.94. The second-order valence-corrected chi connectivity index (χ2v) is 7.27. The molecule has 0 saturated carbocycles. The van der Waals surface area contributed by atoms with Gasteiger partial charge in [0.2, 0.25) is 5.91 Å².